The van der Waals surface area contributed by atoms with Crippen LogP contribution in [-0.4, -0.2) is 26.8 Å². The molecule has 2 atom stereocenters. The molecule has 0 radical (unpaired) electrons. The Morgan fingerprint density at radius 2 is 1.80 bits per heavy atom. The number of hydrogen-bond donors (Lipinski definition) is 1. The van der Waals surface area contributed by atoms with Crippen molar-refractivity contribution in [3.63, 3.8) is 0 Å². The van der Waals surface area contributed by atoms with E-state index in [4.69, 9.17) is 23.2 Å². The van der Waals surface area contributed by atoms with Gasteiger partial charge in [0.15, 0.2) is 5.16 Å². The Bertz CT molecular complexity index is 1150. The zero-order valence-corrected chi connectivity index (χ0v) is 19.5. The van der Waals surface area contributed by atoms with Crippen molar-refractivity contribution in [2.24, 2.45) is 5.92 Å². The van der Waals surface area contributed by atoms with E-state index in [-0.39, 0.29) is 17.5 Å². The van der Waals surface area contributed by atoms with Gasteiger partial charge in [-0.2, -0.15) is 0 Å². The lowest BCUT2D eigenvalue weighted by molar-refractivity contribution is -0.121. The summed E-state index contributed by atoms with van der Waals surface area (Å²) in [5.41, 5.74) is 0.778. The van der Waals surface area contributed by atoms with Gasteiger partial charge in [0.25, 0.3) is 5.56 Å². The van der Waals surface area contributed by atoms with Gasteiger partial charge in [0.2, 0.25) is 5.91 Å². The molecular weight excluding hydrogens is 441 g/mol. The molecule has 0 saturated carbocycles. The van der Waals surface area contributed by atoms with Crippen molar-refractivity contribution in [2.45, 2.75) is 44.1 Å². The fourth-order valence-electron chi connectivity index (χ4n) is 2.79. The quantitative estimate of drug-likeness (QED) is 0.396. The minimum Gasteiger partial charge on any atom is -0.352 e. The third kappa shape index (κ3) is 4.82. The van der Waals surface area contributed by atoms with Gasteiger partial charge in [-0.05, 0) is 50.1 Å². The van der Waals surface area contributed by atoms with E-state index < -0.39 is 5.25 Å². The largest absolute Gasteiger partial charge is 0.352 e. The van der Waals surface area contributed by atoms with Crippen molar-refractivity contribution < 1.29 is 4.79 Å². The van der Waals surface area contributed by atoms with E-state index in [9.17, 15) is 9.59 Å². The number of para-hydroxylation sites is 1. The van der Waals surface area contributed by atoms with E-state index in [0.29, 0.717) is 37.7 Å². The summed E-state index contributed by atoms with van der Waals surface area (Å²) < 4.78 is 1.45. The molecule has 0 bridgehead atoms. The Labute approximate surface area is 189 Å². The number of amides is 1. The Morgan fingerprint density at radius 1 is 1.10 bits per heavy atom. The summed E-state index contributed by atoms with van der Waals surface area (Å²) in [5.74, 6) is 0.202. The average Bonchev–Trinajstić information content (AvgIpc) is 2.69. The molecule has 3 rings (SSSR count). The molecule has 0 aliphatic rings. The first kappa shape index (κ1) is 22.7. The number of aromatic nitrogens is 2. The molecule has 8 heteroatoms. The lowest BCUT2D eigenvalue weighted by atomic mass is 10.1. The third-order valence-corrected chi connectivity index (χ3v) is 6.51. The second kappa shape index (κ2) is 9.41. The van der Waals surface area contributed by atoms with Gasteiger partial charge in [-0.15, -0.1) is 0 Å². The Balaban J connectivity index is 2.09. The van der Waals surface area contributed by atoms with Crippen LogP contribution in [0.2, 0.25) is 10.0 Å². The fraction of sp³-hybridized carbons (Fsp3) is 0.318. The van der Waals surface area contributed by atoms with E-state index in [0.717, 1.165) is 0 Å². The molecule has 0 spiro atoms. The SMILES string of the molecule is CC(Sc1nc2ccccc2c(=O)n1-c1ccc(Cl)cc1Cl)C(=O)NC(C)C(C)C. The number of carbonyl (C=O) groups is 1. The summed E-state index contributed by atoms with van der Waals surface area (Å²) in [4.78, 5) is 30.7. The summed E-state index contributed by atoms with van der Waals surface area (Å²) >= 11 is 13.7. The van der Waals surface area contributed by atoms with Gasteiger partial charge in [0, 0.05) is 11.1 Å². The highest BCUT2D eigenvalue weighted by molar-refractivity contribution is 8.00. The first-order valence-corrected chi connectivity index (χ1v) is 11.3. The number of halogens is 2. The Morgan fingerprint density at radius 3 is 2.47 bits per heavy atom. The van der Waals surface area contributed by atoms with Gasteiger partial charge in [-0.3, -0.25) is 14.2 Å². The maximum atomic E-state index is 13.3. The number of carbonyl (C=O) groups excluding carboxylic acids is 1. The van der Waals surface area contributed by atoms with Gasteiger partial charge in [0.1, 0.15) is 0 Å². The Kier molecular flexibility index (Phi) is 7.11. The van der Waals surface area contributed by atoms with Gasteiger partial charge in [0.05, 0.1) is 26.9 Å². The highest BCUT2D eigenvalue weighted by Gasteiger charge is 2.22. The summed E-state index contributed by atoms with van der Waals surface area (Å²) in [6.45, 7) is 7.86. The molecule has 0 aliphatic heterocycles. The van der Waals surface area contributed by atoms with Crippen molar-refractivity contribution in [2.75, 3.05) is 0 Å². The highest BCUT2D eigenvalue weighted by atomic mass is 35.5. The fourth-order valence-corrected chi connectivity index (χ4v) is 4.21. The molecular formula is C22H23Cl2N3O2S. The van der Waals surface area contributed by atoms with E-state index in [1.54, 1.807) is 43.3 Å². The van der Waals surface area contributed by atoms with Crippen LogP contribution in [0.4, 0.5) is 0 Å². The summed E-state index contributed by atoms with van der Waals surface area (Å²) in [6, 6.07) is 12.1. The molecule has 1 N–H and O–H groups in total. The predicted molar refractivity (Wildman–Crippen MR) is 125 cm³/mol. The number of fused-ring (bicyclic) bond motifs is 1. The number of nitrogens with zero attached hydrogens (tertiary/aromatic N) is 2. The normalized spacial score (nSPS) is 13.4. The molecule has 158 valence electrons. The second-order valence-corrected chi connectivity index (χ2v) is 9.60. The summed E-state index contributed by atoms with van der Waals surface area (Å²) in [6.07, 6.45) is 0. The van der Waals surface area contributed by atoms with Crippen LogP contribution >= 0.6 is 35.0 Å². The molecule has 5 nitrogen and oxygen atoms in total. The van der Waals surface area contributed by atoms with Crippen LogP contribution in [0.3, 0.4) is 0 Å². The van der Waals surface area contributed by atoms with Crippen molar-refractivity contribution in [1.82, 2.24) is 14.9 Å². The summed E-state index contributed by atoms with van der Waals surface area (Å²) in [5, 5.41) is 4.21. The van der Waals surface area contributed by atoms with Gasteiger partial charge in [-0.1, -0.05) is 60.9 Å². The van der Waals surface area contributed by atoms with Crippen LogP contribution in [0.15, 0.2) is 52.4 Å². The first-order chi connectivity index (χ1) is 14.2. The molecule has 1 heterocycles. The lowest BCUT2D eigenvalue weighted by Gasteiger charge is -2.21. The van der Waals surface area contributed by atoms with E-state index >= 15 is 0 Å². The monoisotopic (exact) mass is 463 g/mol. The molecule has 0 saturated heterocycles. The third-order valence-electron chi connectivity index (χ3n) is 4.92. The molecule has 30 heavy (non-hydrogen) atoms. The average molecular weight is 464 g/mol. The van der Waals surface area contributed by atoms with E-state index in [1.165, 1.54) is 16.3 Å². The van der Waals surface area contributed by atoms with Gasteiger partial charge < -0.3 is 5.32 Å². The Hall–Kier alpha value is -2.02. The maximum Gasteiger partial charge on any atom is 0.266 e. The van der Waals surface area contributed by atoms with Gasteiger partial charge in [-0.25, -0.2) is 4.98 Å². The van der Waals surface area contributed by atoms with Crippen LogP contribution in [-0.2, 0) is 4.79 Å². The number of hydrogen-bond acceptors (Lipinski definition) is 4. The van der Waals surface area contributed by atoms with Gasteiger partial charge >= 0.3 is 0 Å². The van der Waals surface area contributed by atoms with E-state index in [1.807, 2.05) is 26.8 Å². The topological polar surface area (TPSA) is 64.0 Å². The van der Waals surface area contributed by atoms with Crippen LogP contribution < -0.4 is 10.9 Å². The molecule has 2 unspecified atom stereocenters. The van der Waals surface area contributed by atoms with Crippen LogP contribution in [0.1, 0.15) is 27.7 Å². The van der Waals surface area contributed by atoms with Crippen molar-refractivity contribution >= 4 is 51.8 Å². The lowest BCUT2D eigenvalue weighted by Crippen LogP contribution is -2.40. The minimum absolute atomic E-state index is 0.0398. The number of benzene rings is 2. The standard InChI is InChI=1S/C22H23Cl2N3O2S/c1-12(2)13(3)25-20(28)14(4)30-22-26-18-8-6-5-7-16(18)21(29)27(22)19-10-9-15(23)11-17(19)24/h5-14H,1-4H3,(H,25,28). The first-order valence-electron chi connectivity index (χ1n) is 9.63. The smallest absolute Gasteiger partial charge is 0.266 e. The predicted octanol–water partition coefficient (Wildman–Crippen LogP) is 5.33. The van der Waals surface area contributed by atoms with Crippen molar-refractivity contribution in [1.29, 1.82) is 0 Å². The van der Waals surface area contributed by atoms with Crippen LogP contribution in [0, 0.1) is 5.92 Å². The number of nitrogens with one attached hydrogen (secondary N) is 1. The van der Waals surface area contributed by atoms with Crippen LogP contribution in [0.25, 0.3) is 16.6 Å². The maximum absolute atomic E-state index is 13.3. The molecule has 1 amide bonds. The second-order valence-electron chi connectivity index (χ2n) is 7.45. The molecule has 0 fully saturated rings. The molecule has 3 aromatic rings. The van der Waals surface area contributed by atoms with Crippen molar-refractivity contribution in [3.8, 4) is 5.69 Å². The minimum atomic E-state index is -0.461. The molecule has 0 aliphatic carbocycles. The van der Waals surface area contributed by atoms with E-state index in [2.05, 4.69) is 10.3 Å². The molecule has 2 aromatic carbocycles. The molecule has 1 aromatic heterocycles. The number of rotatable bonds is 6. The summed E-state index contributed by atoms with van der Waals surface area (Å²) in [7, 11) is 0. The zero-order valence-electron chi connectivity index (χ0n) is 17.1. The number of thioether (sulfide) groups is 1. The van der Waals surface area contributed by atoms with Crippen LogP contribution in [0.5, 0.6) is 0 Å². The highest BCUT2D eigenvalue weighted by Crippen LogP contribution is 2.29. The zero-order chi connectivity index (χ0) is 22.0. The van der Waals surface area contributed by atoms with Crippen molar-refractivity contribution in [3.05, 3.63) is 62.9 Å².